The van der Waals surface area contributed by atoms with Gasteiger partial charge in [-0.25, -0.2) is 9.37 Å². The molecule has 1 aliphatic heterocycles. The van der Waals surface area contributed by atoms with Crippen molar-refractivity contribution in [1.82, 2.24) is 15.6 Å². The van der Waals surface area contributed by atoms with E-state index in [0.29, 0.717) is 11.1 Å². The summed E-state index contributed by atoms with van der Waals surface area (Å²) in [5, 5.41) is 7.36. The highest BCUT2D eigenvalue weighted by Crippen LogP contribution is 2.34. The van der Waals surface area contributed by atoms with Crippen molar-refractivity contribution >= 4 is 32.6 Å². The Labute approximate surface area is 166 Å². The van der Waals surface area contributed by atoms with Gasteiger partial charge in [0.1, 0.15) is 5.82 Å². The summed E-state index contributed by atoms with van der Waals surface area (Å²) in [6.45, 7) is 3.81. The van der Waals surface area contributed by atoms with Gasteiger partial charge in [-0.2, -0.15) is 0 Å². The number of carbonyl (C=O) groups is 1. The summed E-state index contributed by atoms with van der Waals surface area (Å²) in [6, 6.07) is 10.5. The molecule has 1 amide bonds. The first kappa shape index (κ1) is 17.6. The molecule has 0 radical (unpaired) electrons. The minimum Gasteiger partial charge on any atom is -0.346 e. The average molecular weight is 396 g/mol. The number of aryl methyl sites for hydroxylation is 1. The van der Waals surface area contributed by atoms with Crippen LogP contribution in [0.4, 0.5) is 9.52 Å². The molecule has 0 saturated carbocycles. The Morgan fingerprint density at radius 2 is 2.11 bits per heavy atom. The molecule has 0 spiro atoms. The van der Waals surface area contributed by atoms with E-state index in [1.165, 1.54) is 6.07 Å². The number of fused-ring (bicyclic) bond motifs is 2. The van der Waals surface area contributed by atoms with Crippen molar-refractivity contribution in [3.05, 3.63) is 58.9 Å². The Bertz CT molecular complexity index is 1040. The van der Waals surface area contributed by atoms with Crippen LogP contribution in [0.15, 0.2) is 36.4 Å². The van der Waals surface area contributed by atoms with Gasteiger partial charge in [-0.3, -0.25) is 4.79 Å². The van der Waals surface area contributed by atoms with E-state index in [1.54, 1.807) is 23.5 Å². The third kappa shape index (κ3) is 3.14. The normalized spacial score (nSPS) is 19.0. The lowest BCUT2D eigenvalue weighted by atomic mass is 10.1. The number of rotatable bonds is 3. The zero-order chi connectivity index (χ0) is 19.1. The molecule has 1 fully saturated rings. The van der Waals surface area contributed by atoms with E-state index < -0.39 is 0 Å². The Morgan fingerprint density at radius 1 is 1.25 bits per heavy atom. The van der Waals surface area contributed by atoms with Crippen LogP contribution in [0.5, 0.6) is 0 Å². The van der Waals surface area contributed by atoms with E-state index in [9.17, 15) is 9.18 Å². The predicted octanol–water partition coefficient (Wildman–Crippen LogP) is 3.26. The molecule has 7 heteroatoms. The number of anilines is 1. The molecule has 5 nitrogen and oxygen atoms in total. The number of amides is 1. The number of carbonyl (C=O) groups excluding carboxylic acids is 1. The minimum absolute atomic E-state index is 0.167. The second kappa shape index (κ2) is 7.14. The number of hydrogen-bond acceptors (Lipinski definition) is 5. The largest absolute Gasteiger partial charge is 0.346 e. The first-order chi connectivity index (χ1) is 13.7. The second-order valence-electron chi connectivity index (χ2n) is 7.29. The summed E-state index contributed by atoms with van der Waals surface area (Å²) >= 11 is 1.62. The predicted molar refractivity (Wildman–Crippen MR) is 110 cm³/mol. The molecule has 5 rings (SSSR count). The summed E-state index contributed by atoms with van der Waals surface area (Å²) in [7, 11) is 0. The molecule has 1 aliphatic carbocycles. The van der Waals surface area contributed by atoms with Gasteiger partial charge in [0.25, 0.3) is 5.91 Å². The van der Waals surface area contributed by atoms with Crippen LogP contribution < -0.4 is 15.5 Å². The fraction of sp³-hybridized carbons (Fsp3) is 0.333. The van der Waals surface area contributed by atoms with Crippen LogP contribution in [0.25, 0.3) is 10.2 Å². The van der Waals surface area contributed by atoms with E-state index in [0.717, 1.165) is 59.9 Å². The molecule has 3 aromatic rings. The zero-order valence-corrected chi connectivity index (χ0v) is 16.2. The number of halogens is 1. The minimum atomic E-state index is -0.266. The van der Waals surface area contributed by atoms with Crippen LogP contribution in [-0.2, 0) is 6.42 Å². The van der Waals surface area contributed by atoms with E-state index in [-0.39, 0.29) is 17.8 Å². The summed E-state index contributed by atoms with van der Waals surface area (Å²) < 4.78 is 15.2. The van der Waals surface area contributed by atoms with Crippen LogP contribution in [0.1, 0.15) is 33.9 Å². The van der Waals surface area contributed by atoms with Crippen molar-refractivity contribution in [2.75, 3.05) is 31.1 Å². The van der Waals surface area contributed by atoms with Gasteiger partial charge in [0.05, 0.1) is 16.3 Å². The molecule has 1 atom stereocenters. The Balaban J connectivity index is 1.37. The molecule has 2 N–H and O–H groups in total. The zero-order valence-electron chi connectivity index (χ0n) is 15.4. The van der Waals surface area contributed by atoms with Gasteiger partial charge in [-0.15, -0.1) is 0 Å². The molecule has 1 aromatic heterocycles. The summed E-state index contributed by atoms with van der Waals surface area (Å²) in [6.07, 6.45) is 1.53. The van der Waals surface area contributed by atoms with Crippen LogP contribution in [0.3, 0.4) is 0 Å². The average Bonchev–Trinajstić information content (AvgIpc) is 3.33. The van der Waals surface area contributed by atoms with Gasteiger partial charge >= 0.3 is 0 Å². The molecule has 2 aromatic carbocycles. The fourth-order valence-corrected chi connectivity index (χ4v) is 5.12. The van der Waals surface area contributed by atoms with Crippen LogP contribution >= 0.6 is 11.3 Å². The monoisotopic (exact) mass is 396 g/mol. The number of hydrogen-bond donors (Lipinski definition) is 2. The molecule has 2 aliphatic rings. The number of thiazole rings is 1. The first-order valence-corrected chi connectivity index (χ1v) is 10.4. The molecule has 144 valence electrons. The van der Waals surface area contributed by atoms with E-state index >= 15 is 0 Å². The highest BCUT2D eigenvalue weighted by atomic mass is 32.1. The summed E-state index contributed by atoms with van der Waals surface area (Å²) in [4.78, 5) is 19.8. The van der Waals surface area contributed by atoms with E-state index in [4.69, 9.17) is 4.98 Å². The first-order valence-electron chi connectivity index (χ1n) is 9.63. The Hall–Kier alpha value is -2.51. The lowest BCUT2D eigenvalue weighted by Gasteiger charge is -2.26. The van der Waals surface area contributed by atoms with Crippen molar-refractivity contribution in [1.29, 1.82) is 0 Å². The quantitative estimate of drug-likeness (QED) is 0.714. The third-order valence-corrected chi connectivity index (χ3v) is 6.61. The number of nitrogens with one attached hydrogen (secondary N) is 2. The van der Waals surface area contributed by atoms with Gasteiger partial charge in [0.15, 0.2) is 5.13 Å². The third-order valence-electron chi connectivity index (χ3n) is 5.53. The van der Waals surface area contributed by atoms with Crippen LogP contribution in [0, 0.1) is 5.82 Å². The van der Waals surface area contributed by atoms with Gasteiger partial charge in [0, 0.05) is 37.3 Å². The number of benzene rings is 2. The smallest absolute Gasteiger partial charge is 0.251 e. The van der Waals surface area contributed by atoms with Gasteiger partial charge < -0.3 is 15.5 Å². The van der Waals surface area contributed by atoms with Crippen LogP contribution in [-0.4, -0.2) is 37.1 Å². The van der Waals surface area contributed by atoms with E-state index in [2.05, 4.69) is 15.5 Å². The van der Waals surface area contributed by atoms with Gasteiger partial charge in [-0.05, 0) is 42.7 Å². The molecular formula is C21H21FN4OS. The maximum absolute atomic E-state index is 14.2. The number of aromatic nitrogens is 1. The molecular weight excluding hydrogens is 375 g/mol. The molecule has 1 saturated heterocycles. The highest BCUT2D eigenvalue weighted by Gasteiger charge is 2.27. The molecule has 1 unspecified atom stereocenters. The molecule has 0 bridgehead atoms. The maximum Gasteiger partial charge on any atom is 0.251 e. The van der Waals surface area contributed by atoms with Gasteiger partial charge in [0.2, 0.25) is 0 Å². The number of piperazine rings is 1. The van der Waals surface area contributed by atoms with Crippen molar-refractivity contribution in [3.63, 3.8) is 0 Å². The SMILES string of the molecule is O=C(NC1CCc2cccc(F)c21)c1ccc2nc(N3CCNCC3)sc2c1. The lowest BCUT2D eigenvalue weighted by molar-refractivity contribution is 0.0936. The Morgan fingerprint density at radius 3 is 2.96 bits per heavy atom. The summed E-state index contributed by atoms with van der Waals surface area (Å²) in [5.74, 6) is -0.404. The number of nitrogens with zero attached hydrogens (tertiary/aromatic N) is 2. The van der Waals surface area contributed by atoms with Crippen LogP contribution in [0.2, 0.25) is 0 Å². The van der Waals surface area contributed by atoms with Crippen molar-refractivity contribution in [2.45, 2.75) is 18.9 Å². The summed E-state index contributed by atoms with van der Waals surface area (Å²) in [5.41, 5.74) is 3.12. The Kier molecular flexibility index (Phi) is 4.49. The highest BCUT2D eigenvalue weighted by molar-refractivity contribution is 7.22. The molecule has 28 heavy (non-hydrogen) atoms. The lowest BCUT2D eigenvalue weighted by Crippen LogP contribution is -2.43. The second-order valence-corrected chi connectivity index (χ2v) is 8.30. The standard InChI is InChI=1S/C21H21FN4OS/c22-15-3-1-2-13-4-7-17(19(13)15)24-20(27)14-5-6-16-18(12-14)28-21(25-16)26-10-8-23-9-11-26/h1-3,5-6,12,17,23H,4,7-11H2,(H,24,27). The fourth-order valence-electron chi connectivity index (χ4n) is 4.07. The molecule has 2 heterocycles. The van der Waals surface area contributed by atoms with Crippen molar-refractivity contribution < 1.29 is 9.18 Å². The van der Waals surface area contributed by atoms with Crippen molar-refractivity contribution in [3.8, 4) is 0 Å². The van der Waals surface area contributed by atoms with E-state index in [1.807, 2.05) is 18.2 Å². The van der Waals surface area contributed by atoms with Gasteiger partial charge in [-0.1, -0.05) is 23.5 Å². The topological polar surface area (TPSA) is 57.3 Å². The maximum atomic E-state index is 14.2. The van der Waals surface area contributed by atoms with Crippen molar-refractivity contribution in [2.24, 2.45) is 0 Å².